The Balaban J connectivity index is 1.17. The summed E-state index contributed by atoms with van der Waals surface area (Å²) >= 11 is 0. The number of hydrogen-bond acceptors (Lipinski definition) is 6. The number of halogens is 1. The van der Waals surface area contributed by atoms with Crippen LogP contribution in [0.25, 0.3) is 11.0 Å². The lowest BCUT2D eigenvalue weighted by Gasteiger charge is -2.31. The van der Waals surface area contributed by atoms with Crippen LogP contribution in [0.4, 0.5) is 10.1 Å². The van der Waals surface area contributed by atoms with Crippen LogP contribution in [-0.4, -0.2) is 49.3 Å². The van der Waals surface area contributed by atoms with Crippen molar-refractivity contribution in [3.63, 3.8) is 0 Å². The summed E-state index contributed by atoms with van der Waals surface area (Å²) in [5.41, 5.74) is 3.38. The molecule has 2 aromatic carbocycles. The quantitative estimate of drug-likeness (QED) is 0.427. The van der Waals surface area contributed by atoms with E-state index in [9.17, 15) is 9.18 Å². The Morgan fingerprint density at radius 2 is 2.10 bits per heavy atom. The molecule has 3 aromatic rings. The van der Waals surface area contributed by atoms with Gasteiger partial charge in [0.2, 0.25) is 0 Å². The minimum Gasteiger partial charge on any atom is -0.465 e. The van der Waals surface area contributed by atoms with Crippen molar-refractivity contribution in [3.05, 3.63) is 59.5 Å². The molecule has 1 aliphatic rings. The van der Waals surface area contributed by atoms with Gasteiger partial charge >= 0.3 is 5.97 Å². The van der Waals surface area contributed by atoms with Gasteiger partial charge in [0.25, 0.3) is 0 Å². The predicted molar refractivity (Wildman–Crippen MR) is 118 cm³/mol. The Kier molecular flexibility index (Phi) is 6.82. The zero-order valence-corrected chi connectivity index (χ0v) is 17.8. The lowest BCUT2D eigenvalue weighted by atomic mass is 9.91. The second-order valence-corrected chi connectivity index (χ2v) is 8.03. The van der Waals surface area contributed by atoms with E-state index in [1.165, 1.54) is 12.1 Å². The van der Waals surface area contributed by atoms with Gasteiger partial charge in [-0.15, -0.1) is 0 Å². The van der Waals surface area contributed by atoms with E-state index < -0.39 is 0 Å². The third-order valence-corrected chi connectivity index (χ3v) is 5.88. The van der Waals surface area contributed by atoms with Crippen molar-refractivity contribution in [2.24, 2.45) is 0 Å². The number of esters is 1. The van der Waals surface area contributed by atoms with Gasteiger partial charge in [0.05, 0.1) is 18.7 Å². The van der Waals surface area contributed by atoms with E-state index in [0.717, 1.165) is 61.2 Å². The first-order chi connectivity index (χ1) is 15.1. The van der Waals surface area contributed by atoms with Gasteiger partial charge in [-0.1, -0.05) is 17.3 Å². The number of nitrogens with one attached hydrogen (secondary N) is 1. The number of nitrogens with zero attached hydrogens (tertiary/aromatic N) is 2. The first-order valence-corrected chi connectivity index (χ1v) is 10.8. The second-order valence-electron chi connectivity index (χ2n) is 8.03. The number of ether oxygens (including phenoxy) is 1. The number of benzene rings is 2. The van der Waals surface area contributed by atoms with Crippen molar-refractivity contribution < 1.29 is 18.4 Å². The molecule has 0 spiro atoms. The second kappa shape index (κ2) is 9.92. The van der Waals surface area contributed by atoms with Gasteiger partial charge in [-0.2, -0.15) is 0 Å². The van der Waals surface area contributed by atoms with E-state index in [1.54, 1.807) is 6.07 Å². The predicted octanol–water partition coefficient (Wildman–Crippen LogP) is 4.36. The van der Waals surface area contributed by atoms with Gasteiger partial charge in [-0.05, 0) is 62.2 Å². The molecule has 1 saturated heterocycles. The minimum atomic E-state index is -0.308. The van der Waals surface area contributed by atoms with Crippen molar-refractivity contribution in [2.75, 3.05) is 38.6 Å². The molecule has 164 valence electrons. The number of carbonyl (C=O) groups excluding carboxylic acids is 1. The molecule has 1 aliphatic heterocycles. The molecule has 0 unspecified atom stereocenters. The van der Waals surface area contributed by atoms with E-state index >= 15 is 0 Å². The van der Waals surface area contributed by atoms with Crippen LogP contribution >= 0.6 is 0 Å². The molecule has 0 saturated carbocycles. The molecule has 4 rings (SSSR count). The van der Waals surface area contributed by atoms with Crippen molar-refractivity contribution >= 4 is 22.6 Å². The summed E-state index contributed by atoms with van der Waals surface area (Å²) in [6.07, 6.45) is 3.08. The maximum Gasteiger partial charge on any atom is 0.310 e. The fourth-order valence-electron chi connectivity index (χ4n) is 4.18. The van der Waals surface area contributed by atoms with Crippen LogP contribution in [0.15, 0.2) is 47.0 Å². The minimum absolute atomic E-state index is 0.193. The Hall–Kier alpha value is -2.93. The smallest absolute Gasteiger partial charge is 0.310 e. The number of aromatic nitrogens is 1. The van der Waals surface area contributed by atoms with Crippen LogP contribution in [0.2, 0.25) is 0 Å². The summed E-state index contributed by atoms with van der Waals surface area (Å²) < 4.78 is 24.1. The van der Waals surface area contributed by atoms with Gasteiger partial charge < -0.3 is 19.5 Å². The summed E-state index contributed by atoms with van der Waals surface area (Å²) in [5, 5.41) is 8.18. The Morgan fingerprint density at radius 3 is 2.90 bits per heavy atom. The van der Waals surface area contributed by atoms with Crippen LogP contribution in [-0.2, 0) is 16.0 Å². The Morgan fingerprint density at radius 1 is 1.26 bits per heavy atom. The van der Waals surface area contributed by atoms with E-state index in [1.807, 2.05) is 31.3 Å². The van der Waals surface area contributed by atoms with Crippen molar-refractivity contribution in [3.8, 4) is 0 Å². The van der Waals surface area contributed by atoms with Gasteiger partial charge in [0.1, 0.15) is 5.82 Å². The fraction of sp³-hybridized carbons (Fsp3) is 0.417. The van der Waals surface area contributed by atoms with Crippen molar-refractivity contribution in [1.29, 1.82) is 0 Å². The highest BCUT2D eigenvalue weighted by molar-refractivity contribution is 5.80. The highest BCUT2D eigenvalue weighted by atomic mass is 19.1. The molecule has 0 atom stereocenters. The molecule has 31 heavy (non-hydrogen) atoms. The summed E-state index contributed by atoms with van der Waals surface area (Å²) in [5.74, 6) is -0.173. The first-order valence-electron chi connectivity index (χ1n) is 10.8. The van der Waals surface area contributed by atoms with Crippen LogP contribution in [0, 0.1) is 5.82 Å². The highest BCUT2D eigenvalue weighted by Gasteiger charge is 2.25. The summed E-state index contributed by atoms with van der Waals surface area (Å²) in [4.78, 5) is 14.5. The summed E-state index contributed by atoms with van der Waals surface area (Å²) in [6.45, 7) is 3.26. The average molecular weight is 426 g/mol. The van der Waals surface area contributed by atoms with E-state index in [0.29, 0.717) is 18.1 Å². The number of rotatable bonds is 8. The number of hydrogen-bond donors (Lipinski definition) is 1. The SMILES string of the molecule is CNc1cccc(CC(=O)OCCCN2CCC(c3noc4cc(F)ccc34)CC2)c1. The molecular formula is C24H28FN3O3. The van der Waals surface area contributed by atoms with Crippen LogP contribution < -0.4 is 5.32 Å². The average Bonchev–Trinajstić information content (AvgIpc) is 3.20. The monoisotopic (exact) mass is 425 g/mol. The maximum atomic E-state index is 13.3. The largest absolute Gasteiger partial charge is 0.465 e. The summed E-state index contributed by atoms with van der Waals surface area (Å²) in [7, 11) is 1.86. The van der Waals surface area contributed by atoms with E-state index in [2.05, 4.69) is 15.4 Å². The van der Waals surface area contributed by atoms with Crippen LogP contribution in [0.3, 0.4) is 0 Å². The first kappa shape index (κ1) is 21.3. The topological polar surface area (TPSA) is 67.6 Å². The third-order valence-electron chi connectivity index (χ3n) is 5.88. The molecule has 0 aliphatic carbocycles. The molecule has 0 bridgehead atoms. The lowest BCUT2D eigenvalue weighted by molar-refractivity contribution is -0.143. The fourth-order valence-corrected chi connectivity index (χ4v) is 4.18. The van der Waals surface area contributed by atoms with Gasteiger partial charge in [-0.25, -0.2) is 4.39 Å². The highest BCUT2D eigenvalue weighted by Crippen LogP contribution is 2.32. The van der Waals surface area contributed by atoms with Crippen molar-refractivity contribution in [1.82, 2.24) is 10.1 Å². The molecule has 1 N–H and O–H groups in total. The molecule has 1 fully saturated rings. The van der Waals surface area contributed by atoms with Crippen LogP contribution in [0.1, 0.15) is 36.4 Å². The van der Waals surface area contributed by atoms with Gasteiger partial charge in [0.15, 0.2) is 5.58 Å². The third kappa shape index (κ3) is 5.41. The number of piperidine rings is 1. The Labute approximate surface area is 181 Å². The number of likely N-dealkylation sites (tertiary alicyclic amines) is 1. The lowest BCUT2D eigenvalue weighted by Crippen LogP contribution is -2.34. The van der Waals surface area contributed by atoms with Gasteiger partial charge in [-0.3, -0.25) is 4.79 Å². The standard InChI is InChI=1S/C24H28FN3O3/c1-26-20-5-2-4-17(14-20)15-23(29)30-13-3-10-28-11-8-18(9-12-28)24-21-7-6-19(25)16-22(21)31-27-24/h2,4-7,14,16,18,26H,3,8-13,15H2,1H3. The van der Waals surface area contributed by atoms with Gasteiger partial charge in [0, 0.05) is 36.7 Å². The van der Waals surface area contributed by atoms with Crippen LogP contribution in [0.5, 0.6) is 0 Å². The number of anilines is 1. The zero-order valence-electron chi connectivity index (χ0n) is 17.8. The van der Waals surface area contributed by atoms with E-state index in [4.69, 9.17) is 9.26 Å². The molecule has 2 heterocycles. The van der Waals surface area contributed by atoms with E-state index in [-0.39, 0.29) is 18.2 Å². The molecule has 7 heteroatoms. The Bertz CT molecular complexity index is 1030. The zero-order chi connectivity index (χ0) is 21.6. The normalized spacial score (nSPS) is 15.3. The molecular weight excluding hydrogens is 397 g/mol. The number of carbonyl (C=O) groups is 1. The maximum absolute atomic E-state index is 13.3. The molecule has 0 radical (unpaired) electrons. The molecule has 0 amide bonds. The summed E-state index contributed by atoms with van der Waals surface area (Å²) in [6, 6.07) is 12.4. The number of fused-ring (bicyclic) bond motifs is 1. The van der Waals surface area contributed by atoms with Crippen molar-refractivity contribution in [2.45, 2.75) is 31.6 Å². The molecule has 6 nitrogen and oxygen atoms in total. The molecule has 1 aromatic heterocycles.